The number of hydrogen-bond acceptors (Lipinski definition) is 10. The van der Waals surface area contributed by atoms with Gasteiger partial charge in [-0.3, -0.25) is 19.5 Å². The normalized spacial score (nSPS) is 18.7. The highest BCUT2D eigenvalue weighted by Gasteiger charge is 2.32. The molecule has 2 aromatic heterocycles. The molecule has 266 valence electrons. The van der Waals surface area contributed by atoms with E-state index in [2.05, 4.69) is 15.5 Å². The molecule has 2 fully saturated rings. The van der Waals surface area contributed by atoms with Gasteiger partial charge < -0.3 is 29.7 Å². The van der Waals surface area contributed by atoms with Crippen molar-refractivity contribution in [1.82, 2.24) is 35.4 Å². The molecule has 2 N–H and O–H groups in total. The molecule has 0 spiro atoms. The number of amides is 2. The smallest absolute Gasteiger partial charge is 0.237 e. The average molecular weight is 733 g/mol. The minimum Gasteiger partial charge on any atom is -0.491 e. The van der Waals surface area contributed by atoms with Gasteiger partial charge in [-0.05, 0) is 6.42 Å². The predicted molar refractivity (Wildman–Crippen MR) is 194 cm³/mol. The third kappa shape index (κ3) is 7.18. The zero-order valence-corrected chi connectivity index (χ0v) is 30.2. The van der Waals surface area contributed by atoms with Gasteiger partial charge in [-0.1, -0.05) is 59.6 Å². The highest BCUT2D eigenvalue weighted by atomic mass is 35.5. The molecule has 3 aliphatic heterocycles. The Morgan fingerprint density at radius 1 is 0.961 bits per heavy atom. The number of piperazine rings is 1. The minimum atomic E-state index is -0.128. The first kappa shape index (κ1) is 34.9. The Bertz CT molecular complexity index is 1970. The first-order valence-electron chi connectivity index (χ1n) is 16.9. The second kappa shape index (κ2) is 15.0. The highest BCUT2D eigenvalue weighted by molar-refractivity contribution is 6.39. The number of carbonyl (C=O) groups is 2. The molecule has 2 saturated heterocycles. The summed E-state index contributed by atoms with van der Waals surface area (Å²) in [5, 5.41) is 7.43. The molecule has 4 aromatic rings. The summed E-state index contributed by atoms with van der Waals surface area (Å²) in [6, 6.07) is 13.3. The van der Waals surface area contributed by atoms with E-state index in [-0.39, 0.29) is 23.9 Å². The fraction of sp³-hybridized carbons (Fsp3) is 0.378. The third-order valence-corrected chi connectivity index (χ3v) is 10.5. The molecule has 2 atom stereocenters. The van der Waals surface area contributed by atoms with Gasteiger partial charge in [-0.15, -0.1) is 0 Å². The van der Waals surface area contributed by atoms with E-state index in [1.165, 1.54) is 0 Å². The van der Waals surface area contributed by atoms with Crippen molar-refractivity contribution in [3.8, 4) is 51.2 Å². The number of benzene rings is 2. The fourth-order valence-corrected chi connectivity index (χ4v) is 7.53. The summed E-state index contributed by atoms with van der Waals surface area (Å²) in [6.07, 6.45) is 3.06. The van der Waals surface area contributed by atoms with Crippen molar-refractivity contribution in [2.75, 3.05) is 53.6 Å². The Morgan fingerprint density at radius 3 is 2.24 bits per heavy atom. The highest BCUT2D eigenvalue weighted by Crippen LogP contribution is 2.45. The van der Waals surface area contributed by atoms with E-state index < -0.39 is 0 Å². The number of nitrogens with one attached hydrogen (secondary N) is 2. The van der Waals surface area contributed by atoms with Crippen LogP contribution in [0.5, 0.6) is 17.5 Å². The van der Waals surface area contributed by atoms with Gasteiger partial charge >= 0.3 is 0 Å². The van der Waals surface area contributed by atoms with Gasteiger partial charge in [0, 0.05) is 87.0 Å². The standard InChI is InChI=1S/C37H39Cl2N7O5/c1-21(47)46-14-12-45(13-15-46)19-29-36(49-2)44-28(18-41-29)26-9-5-7-24(35(26)39)23-6-4-8-25(34(23)38)27-16-31-33(37(43-27)50-3)30(20-51-31)40-17-22-10-11-32(48)42-22/h4-9,16,18,22,30,40H,10-15,17,19-20H2,1-3H3,(H,42,48)/t22-,30-/m0/s1. The topological polar surface area (TPSA) is 131 Å². The van der Waals surface area contributed by atoms with Gasteiger partial charge in [-0.25, -0.2) is 9.97 Å². The van der Waals surface area contributed by atoms with Crippen LogP contribution in [0.4, 0.5) is 0 Å². The Kier molecular flexibility index (Phi) is 10.3. The third-order valence-electron chi connectivity index (χ3n) is 9.66. The zero-order valence-electron chi connectivity index (χ0n) is 28.7. The second-order valence-electron chi connectivity index (χ2n) is 12.8. The van der Waals surface area contributed by atoms with Crippen LogP contribution in [0, 0.1) is 0 Å². The maximum absolute atomic E-state index is 11.7. The Morgan fingerprint density at radius 2 is 1.61 bits per heavy atom. The Balaban J connectivity index is 1.14. The maximum Gasteiger partial charge on any atom is 0.237 e. The van der Waals surface area contributed by atoms with Crippen LogP contribution in [-0.4, -0.2) is 96.2 Å². The number of methoxy groups -OCH3 is 2. The van der Waals surface area contributed by atoms with Crippen molar-refractivity contribution in [3.63, 3.8) is 0 Å². The van der Waals surface area contributed by atoms with Crippen LogP contribution in [0.25, 0.3) is 33.6 Å². The van der Waals surface area contributed by atoms with Crippen molar-refractivity contribution < 1.29 is 23.8 Å². The molecule has 12 nitrogen and oxygen atoms in total. The summed E-state index contributed by atoms with van der Waals surface area (Å²) < 4.78 is 17.5. The number of ether oxygens (including phenoxy) is 3. The second-order valence-corrected chi connectivity index (χ2v) is 13.6. The number of halogens is 2. The summed E-state index contributed by atoms with van der Waals surface area (Å²) in [5.74, 6) is 1.71. The van der Waals surface area contributed by atoms with E-state index in [9.17, 15) is 9.59 Å². The van der Waals surface area contributed by atoms with E-state index in [1.807, 2.05) is 47.4 Å². The number of pyridine rings is 1. The lowest BCUT2D eigenvalue weighted by Crippen LogP contribution is -2.47. The van der Waals surface area contributed by atoms with Crippen molar-refractivity contribution in [2.24, 2.45) is 0 Å². The number of aromatic nitrogens is 3. The largest absolute Gasteiger partial charge is 0.491 e. The summed E-state index contributed by atoms with van der Waals surface area (Å²) >= 11 is 14.3. The molecule has 14 heteroatoms. The number of carbonyl (C=O) groups excluding carboxylic acids is 2. The van der Waals surface area contributed by atoms with Gasteiger partial charge in [0.1, 0.15) is 18.1 Å². The lowest BCUT2D eigenvalue weighted by atomic mass is 9.98. The Hall–Kier alpha value is -4.49. The summed E-state index contributed by atoms with van der Waals surface area (Å²) in [5.41, 5.74) is 5.55. The van der Waals surface area contributed by atoms with Crippen LogP contribution in [0.15, 0.2) is 48.7 Å². The van der Waals surface area contributed by atoms with Gasteiger partial charge in [0.2, 0.25) is 23.6 Å². The molecule has 5 heterocycles. The molecular weight excluding hydrogens is 693 g/mol. The number of fused-ring (bicyclic) bond motifs is 1. The number of rotatable bonds is 10. The summed E-state index contributed by atoms with van der Waals surface area (Å²) in [7, 11) is 3.17. The summed E-state index contributed by atoms with van der Waals surface area (Å²) in [6.45, 7) is 6.06. The first-order chi connectivity index (χ1) is 24.7. The van der Waals surface area contributed by atoms with Gasteiger partial charge in [0.05, 0.1) is 53.5 Å². The monoisotopic (exact) mass is 731 g/mol. The fourth-order valence-electron chi connectivity index (χ4n) is 6.88. The average Bonchev–Trinajstić information content (AvgIpc) is 3.76. The predicted octanol–water partition coefficient (Wildman–Crippen LogP) is 5.16. The minimum absolute atomic E-state index is 0.0813. The van der Waals surface area contributed by atoms with Crippen LogP contribution >= 0.6 is 23.2 Å². The van der Waals surface area contributed by atoms with Crippen molar-refractivity contribution in [2.45, 2.75) is 38.4 Å². The van der Waals surface area contributed by atoms with Gasteiger partial charge in [0.25, 0.3) is 0 Å². The van der Waals surface area contributed by atoms with Gasteiger partial charge in [0.15, 0.2) is 0 Å². The molecule has 0 saturated carbocycles. The van der Waals surface area contributed by atoms with E-state index in [1.54, 1.807) is 27.3 Å². The van der Waals surface area contributed by atoms with E-state index >= 15 is 0 Å². The lowest BCUT2D eigenvalue weighted by Gasteiger charge is -2.34. The van der Waals surface area contributed by atoms with Crippen molar-refractivity contribution in [3.05, 3.63) is 70.0 Å². The molecule has 7 rings (SSSR count). The SMILES string of the molecule is COc1nc(-c2cccc(-c3cccc(-c4cc5c(c(OC)n4)[C@@H](NC[C@@H]4CCC(=O)N4)CO5)c3Cl)c2Cl)cnc1CN1CCN(C(C)=O)CC1. The molecule has 3 aliphatic rings. The number of hydrogen-bond donors (Lipinski definition) is 2. The van der Waals surface area contributed by atoms with E-state index in [4.69, 9.17) is 52.4 Å². The Labute approximate surface area is 306 Å². The molecule has 0 aliphatic carbocycles. The van der Waals surface area contributed by atoms with Crippen LogP contribution in [0.2, 0.25) is 10.0 Å². The van der Waals surface area contributed by atoms with Crippen LogP contribution < -0.4 is 24.8 Å². The molecule has 2 amide bonds. The quantitative estimate of drug-likeness (QED) is 0.226. The van der Waals surface area contributed by atoms with Crippen LogP contribution in [0.1, 0.15) is 37.1 Å². The van der Waals surface area contributed by atoms with E-state index in [0.29, 0.717) is 95.0 Å². The molecule has 51 heavy (non-hydrogen) atoms. The molecule has 0 unspecified atom stereocenters. The molecular formula is C37H39Cl2N7O5. The van der Waals surface area contributed by atoms with Gasteiger partial charge in [-0.2, -0.15) is 0 Å². The molecule has 2 aromatic carbocycles. The van der Waals surface area contributed by atoms with Crippen molar-refractivity contribution >= 4 is 35.0 Å². The lowest BCUT2D eigenvalue weighted by molar-refractivity contribution is -0.130. The zero-order chi connectivity index (χ0) is 35.6. The molecule has 0 radical (unpaired) electrons. The van der Waals surface area contributed by atoms with Crippen LogP contribution in [-0.2, 0) is 16.1 Å². The number of nitrogens with zero attached hydrogens (tertiary/aromatic N) is 5. The summed E-state index contributed by atoms with van der Waals surface area (Å²) in [4.78, 5) is 41.8. The van der Waals surface area contributed by atoms with Crippen LogP contribution in [0.3, 0.4) is 0 Å². The van der Waals surface area contributed by atoms with E-state index in [0.717, 1.165) is 36.2 Å². The van der Waals surface area contributed by atoms with Crippen molar-refractivity contribution in [1.29, 1.82) is 0 Å². The molecule has 0 bridgehead atoms. The maximum atomic E-state index is 11.7. The first-order valence-corrected chi connectivity index (χ1v) is 17.7.